The summed E-state index contributed by atoms with van der Waals surface area (Å²) in [7, 11) is -0.745. The van der Waals surface area contributed by atoms with Crippen LogP contribution in [0.15, 0.2) is 42.9 Å². The van der Waals surface area contributed by atoms with Crippen molar-refractivity contribution in [3.63, 3.8) is 0 Å². The SMILES string of the molecule is CS(=O)CCCn1cncc1C(N)c1ccccc1. The summed E-state index contributed by atoms with van der Waals surface area (Å²) < 4.78 is 13.1. The van der Waals surface area contributed by atoms with Gasteiger partial charge in [-0.25, -0.2) is 4.98 Å². The van der Waals surface area contributed by atoms with Gasteiger partial charge in [-0.05, 0) is 12.0 Å². The molecule has 1 aromatic heterocycles. The molecule has 19 heavy (non-hydrogen) atoms. The minimum Gasteiger partial charge on any atom is -0.333 e. The number of imidazole rings is 1. The summed E-state index contributed by atoms with van der Waals surface area (Å²) in [6.07, 6.45) is 6.19. The highest BCUT2D eigenvalue weighted by atomic mass is 32.2. The number of hydrogen-bond donors (Lipinski definition) is 1. The number of aromatic nitrogens is 2. The average Bonchev–Trinajstić information content (AvgIpc) is 2.87. The first-order chi connectivity index (χ1) is 9.18. The van der Waals surface area contributed by atoms with Crippen LogP contribution < -0.4 is 5.73 Å². The molecule has 0 saturated carbocycles. The van der Waals surface area contributed by atoms with Gasteiger partial charge in [-0.3, -0.25) is 4.21 Å². The van der Waals surface area contributed by atoms with Crippen molar-refractivity contribution in [2.24, 2.45) is 5.73 Å². The van der Waals surface area contributed by atoms with Gasteiger partial charge in [-0.1, -0.05) is 30.3 Å². The minimum absolute atomic E-state index is 0.171. The maximum atomic E-state index is 11.1. The van der Waals surface area contributed by atoms with E-state index < -0.39 is 10.8 Å². The molecule has 4 nitrogen and oxygen atoms in total. The Morgan fingerprint density at radius 2 is 2.11 bits per heavy atom. The molecule has 0 aliphatic carbocycles. The molecule has 2 rings (SSSR count). The van der Waals surface area contributed by atoms with Gasteiger partial charge >= 0.3 is 0 Å². The summed E-state index contributed by atoms with van der Waals surface area (Å²) in [6, 6.07) is 9.80. The Labute approximate surface area is 116 Å². The van der Waals surface area contributed by atoms with Crippen molar-refractivity contribution in [2.75, 3.05) is 12.0 Å². The minimum atomic E-state index is -0.745. The van der Waals surface area contributed by atoms with Crippen LogP contribution >= 0.6 is 0 Å². The molecule has 0 radical (unpaired) electrons. The summed E-state index contributed by atoms with van der Waals surface area (Å²) in [5.74, 6) is 0.707. The van der Waals surface area contributed by atoms with E-state index in [0.717, 1.165) is 24.2 Å². The summed E-state index contributed by atoms with van der Waals surface area (Å²) >= 11 is 0. The van der Waals surface area contributed by atoms with E-state index in [4.69, 9.17) is 5.73 Å². The van der Waals surface area contributed by atoms with Gasteiger partial charge < -0.3 is 10.3 Å². The summed E-state index contributed by atoms with van der Waals surface area (Å²) in [5, 5.41) is 0. The first-order valence-corrected chi connectivity index (χ1v) is 8.02. The van der Waals surface area contributed by atoms with Gasteiger partial charge in [0, 0.05) is 29.4 Å². The molecule has 0 bridgehead atoms. The molecule has 0 fully saturated rings. The second-order valence-corrected chi connectivity index (χ2v) is 6.09. The van der Waals surface area contributed by atoms with E-state index in [1.807, 2.05) is 34.9 Å². The van der Waals surface area contributed by atoms with Gasteiger partial charge in [0.2, 0.25) is 0 Å². The lowest BCUT2D eigenvalue weighted by atomic mass is 10.1. The Hall–Kier alpha value is -1.46. The molecule has 1 heterocycles. The first-order valence-electron chi connectivity index (χ1n) is 6.29. The fraction of sp³-hybridized carbons (Fsp3) is 0.357. The highest BCUT2D eigenvalue weighted by Crippen LogP contribution is 2.19. The van der Waals surface area contributed by atoms with E-state index in [1.54, 1.807) is 18.8 Å². The Morgan fingerprint density at radius 3 is 2.79 bits per heavy atom. The standard InChI is InChI=1S/C14H19N3OS/c1-19(18)9-5-8-17-11-16-10-13(17)14(15)12-6-3-2-4-7-12/h2-4,6-7,10-11,14H,5,8-9,15H2,1H3. The number of rotatable bonds is 6. The van der Waals surface area contributed by atoms with Crippen LogP contribution in [0.4, 0.5) is 0 Å². The largest absolute Gasteiger partial charge is 0.333 e. The van der Waals surface area contributed by atoms with Crippen molar-refractivity contribution in [3.05, 3.63) is 54.1 Å². The molecular formula is C14H19N3OS. The quantitative estimate of drug-likeness (QED) is 0.874. The third-order valence-electron chi connectivity index (χ3n) is 3.05. The summed E-state index contributed by atoms with van der Waals surface area (Å²) in [4.78, 5) is 4.17. The first kappa shape index (κ1) is 14.0. The Bertz CT molecular complexity index is 539. The van der Waals surface area contributed by atoms with E-state index in [1.165, 1.54) is 0 Å². The normalized spacial score (nSPS) is 14.2. The van der Waals surface area contributed by atoms with Crippen molar-refractivity contribution >= 4 is 10.8 Å². The van der Waals surface area contributed by atoms with Gasteiger partial charge in [-0.2, -0.15) is 0 Å². The van der Waals surface area contributed by atoms with Crippen molar-refractivity contribution in [2.45, 2.75) is 19.0 Å². The van der Waals surface area contributed by atoms with E-state index in [2.05, 4.69) is 4.98 Å². The molecule has 2 aromatic rings. The molecule has 2 N–H and O–H groups in total. The number of nitrogens with zero attached hydrogens (tertiary/aromatic N) is 2. The number of aryl methyl sites for hydroxylation is 1. The Morgan fingerprint density at radius 1 is 1.37 bits per heavy atom. The number of hydrogen-bond acceptors (Lipinski definition) is 3. The van der Waals surface area contributed by atoms with Crippen LogP contribution in [0.5, 0.6) is 0 Å². The lowest BCUT2D eigenvalue weighted by Gasteiger charge is -2.14. The highest BCUT2D eigenvalue weighted by molar-refractivity contribution is 7.84. The molecule has 1 aromatic carbocycles. The van der Waals surface area contributed by atoms with Crippen LogP contribution in [-0.2, 0) is 17.3 Å². The van der Waals surface area contributed by atoms with Gasteiger partial charge in [0.05, 0.1) is 24.3 Å². The Kier molecular flexibility index (Phi) is 4.87. The van der Waals surface area contributed by atoms with Crippen LogP contribution in [0.25, 0.3) is 0 Å². The highest BCUT2D eigenvalue weighted by Gasteiger charge is 2.13. The molecule has 5 heteroatoms. The molecule has 2 unspecified atom stereocenters. The fourth-order valence-corrected chi connectivity index (χ4v) is 2.58. The van der Waals surface area contributed by atoms with Crippen LogP contribution in [0.3, 0.4) is 0 Å². The summed E-state index contributed by atoms with van der Waals surface area (Å²) in [6.45, 7) is 0.801. The third kappa shape index (κ3) is 3.75. The van der Waals surface area contributed by atoms with Gasteiger partial charge in [0.15, 0.2) is 0 Å². The predicted octanol–water partition coefficient (Wildman–Crippen LogP) is 1.70. The van der Waals surface area contributed by atoms with Crippen molar-refractivity contribution < 1.29 is 4.21 Å². The smallest absolute Gasteiger partial charge is 0.0948 e. The van der Waals surface area contributed by atoms with Gasteiger partial charge in [0.25, 0.3) is 0 Å². The number of benzene rings is 1. The topological polar surface area (TPSA) is 60.9 Å². The molecule has 2 atom stereocenters. The third-order valence-corrected chi connectivity index (χ3v) is 3.92. The second-order valence-electron chi connectivity index (χ2n) is 4.53. The maximum Gasteiger partial charge on any atom is 0.0948 e. The lowest BCUT2D eigenvalue weighted by Crippen LogP contribution is -2.17. The van der Waals surface area contributed by atoms with E-state index in [-0.39, 0.29) is 6.04 Å². The van der Waals surface area contributed by atoms with Crippen molar-refractivity contribution in [1.29, 1.82) is 0 Å². The van der Waals surface area contributed by atoms with Crippen LogP contribution in [0, 0.1) is 0 Å². The molecule has 0 saturated heterocycles. The van der Waals surface area contributed by atoms with Crippen molar-refractivity contribution in [1.82, 2.24) is 9.55 Å². The van der Waals surface area contributed by atoms with E-state index >= 15 is 0 Å². The molecule has 0 spiro atoms. The van der Waals surface area contributed by atoms with Crippen LogP contribution in [-0.4, -0.2) is 25.8 Å². The predicted molar refractivity (Wildman–Crippen MR) is 78.2 cm³/mol. The van der Waals surface area contributed by atoms with Gasteiger partial charge in [0.1, 0.15) is 0 Å². The fourth-order valence-electron chi connectivity index (χ4n) is 2.05. The van der Waals surface area contributed by atoms with Crippen LogP contribution in [0.1, 0.15) is 23.7 Å². The van der Waals surface area contributed by atoms with Gasteiger partial charge in [-0.15, -0.1) is 0 Å². The van der Waals surface area contributed by atoms with E-state index in [9.17, 15) is 4.21 Å². The average molecular weight is 277 g/mol. The molecule has 0 aliphatic heterocycles. The zero-order valence-corrected chi connectivity index (χ0v) is 11.8. The van der Waals surface area contributed by atoms with Crippen molar-refractivity contribution in [3.8, 4) is 0 Å². The lowest BCUT2D eigenvalue weighted by molar-refractivity contribution is 0.622. The zero-order valence-electron chi connectivity index (χ0n) is 11.0. The monoisotopic (exact) mass is 277 g/mol. The second kappa shape index (κ2) is 6.63. The molecular weight excluding hydrogens is 258 g/mol. The molecule has 0 amide bonds. The maximum absolute atomic E-state index is 11.1. The number of nitrogens with two attached hydrogens (primary N) is 1. The molecule has 102 valence electrons. The van der Waals surface area contributed by atoms with E-state index in [0.29, 0.717) is 5.75 Å². The molecule has 0 aliphatic rings. The Balaban J connectivity index is 2.08. The summed E-state index contributed by atoms with van der Waals surface area (Å²) in [5.41, 5.74) is 8.34. The zero-order chi connectivity index (χ0) is 13.7. The van der Waals surface area contributed by atoms with Crippen LogP contribution in [0.2, 0.25) is 0 Å².